The minimum Gasteiger partial charge on any atom is -0.340 e. The van der Waals surface area contributed by atoms with E-state index in [4.69, 9.17) is 5.26 Å². The molecule has 1 atom stereocenters. The average molecular weight is 299 g/mol. The average Bonchev–Trinajstić information content (AvgIpc) is 2.80. The Morgan fingerprint density at radius 3 is 2.52 bits per heavy atom. The molecule has 4 heteroatoms. The molecule has 110 valence electrons. The zero-order valence-electron chi connectivity index (χ0n) is 13.0. The summed E-state index contributed by atoms with van der Waals surface area (Å²) in [6.45, 7) is 4.99. The van der Waals surface area contributed by atoms with Crippen LogP contribution in [0.25, 0.3) is 0 Å². The zero-order chi connectivity index (χ0) is 15.4. The van der Waals surface area contributed by atoms with Gasteiger partial charge in [-0.05, 0) is 49.4 Å². The molecule has 0 radical (unpaired) electrons. The van der Waals surface area contributed by atoms with Crippen molar-refractivity contribution in [2.24, 2.45) is 7.05 Å². The number of aromatic nitrogens is 1. The summed E-state index contributed by atoms with van der Waals surface area (Å²) in [7, 11) is 1.93. The van der Waals surface area contributed by atoms with Gasteiger partial charge in [-0.25, -0.2) is 0 Å². The second kappa shape index (κ2) is 6.84. The molecule has 0 aliphatic heterocycles. The van der Waals surface area contributed by atoms with Gasteiger partial charge in [-0.2, -0.15) is 5.26 Å². The van der Waals surface area contributed by atoms with Gasteiger partial charge in [0.25, 0.3) is 0 Å². The highest BCUT2D eigenvalue weighted by molar-refractivity contribution is 7.98. The van der Waals surface area contributed by atoms with Crippen LogP contribution in [0, 0.1) is 18.3 Å². The molecule has 1 unspecified atom stereocenters. The topological polar surface area (TPSA) is 40.8 Å². The lowest BCUT2D eigenvalue weighted by molar-refractivity contribution is 0.572. The molecule has 2 rings (SSSR count). The molecule has 0 saturated carbocycles. The number of hydrogen-bond donors (Lipinski definition) is 1. The van der Waals surface area contributed by atoms with Crippen LogP contribution in [0.4, 0.5) is 0 Å². The third-order valence-electron chi connectivity index (χ3n) is 3.97. The Morgan fingerprint density at radius 2 is 2.00 bits per heavy atom. The Balaban J connectivity index is 2.03. The predicted molar refractivity (Wildman–Crippen MR) is 88.3 cm³/mol. The van der Waals surface area contributed by atoms with E-state index in [2.05, 4.69) is 55.8 Å². The van der Waals surface area contributed by atoms with Crippen molar-refractivity contribution in [1.29, 1.82) is 5.26 Å². The lowest BCUT2D eigenvalue weighted by Gasteiger charge is -2.14. The fourth-order valence-electron chi connectivity index (χ4n) is 2.32. The van der Waals surface area contributed by atoms with Crippen molar-refractivity contribution >= 4 is 11.8 Å². The smallest absolute Gasteiger partial charge is 0.120 e. The van der Waals surface area contributed by atoms with Crippen molar-refractivity contribution in [1.82, 2.24) is 9.88 Å². The third-order valence-corrected chi connectivity index (χ3v) is 4.71. The highest BCUT2D eigenvalue weighted by atomic mass is 32.2. The number of hydrogen-bond acceptors (Lipinski definition) is 3. The minimum atomic E-state index is 0.283. The van der Waals surface area contributed by atoms with E-state index in [0.717, 1.165) is 12.2 Å². The molecule has 0 aliphatic carbocycles. The van der Waals surface area contributed by atoms with E-state index in [1.165, 1.54) is 16.0 Å². The van der Waals surface area contributed by atoms with Gasteiger partial charge in [0.2, 0.25) is 0 Å². The van der Waals surface area contributed by atoms with E-state index in [0.29, 0.717) is 5.69 Å². The van der Waals surface area contributed by atoms with Gasteiger partial charge < -0.3 is 9.88 Å². The lowest BCUT2D eigenvalue weighted by atomic mass is 10.1. The lowest BCUT2D eigenvalue weighted by Crippen LogP contribution is -2.18. The van der Waals surface area contributed by atoms with Gasteiger partial charge in [0, 0.05) is 30.2 Å². The van der Waals surface area contributed by atoms with Crippen LogP contribution in [0.2, 0.25) is 0 Å². The van der Waals surface area contributed by atoms with Gasteiger partial charge in [-0.1, -0.05) is 12.1 Å². The zero-order valence-corrected chi connectivity index (χ0v) is 13.8. The summed E-state index contributed by atoms with van der Waals surface area (Å²) in [5.74, 6) is 0. The van der Waals surface area contributed by atoms with E-state index in [1.54, 1.807) is 11.8 Å². The van der Waals surface area contributed by atoms with E-state index < -0.39 is 0 Å². The molecule has 1 aromatic heterocycles. The summed E-state index contributed by atoms with van der Waals surface area (Å²) in [6.07, 6.45) is 2.08. The fraction of sp³-hybridized carbons (Fsp3) is 0.353. The van der Waals surface area contributed by atoms with Crippen LogP contribution in [-0.2, 0) is 13.6 Å². The number of nitrogens with zero attached hydrogens (tertiary/aromatic N) is 2. The standard InChI is InChI=1S/C17H21N3S/c1-12(14-5-7-17(21-4)8-6-14)19-11-15-9-16(10-18)20(3)13(15)2/h5-9,12,19H,11H2,1-4H3. The molecule has 0 fully saturated rings. The molecule has 1 aromatic carbocycles. The van der Waals surface area contributed by atoms with Crippen LogP contribution in [-0.4, -0.2) is 10.8 Å². The number of nitriles is 1. The van der Waals surface area contributed by atoms with Crippen LogP contribution < -0.4 is 5.32 Å². The highest BCUT2D eigenvalue weighted by Crippen LogP contribution is 2.20. The Labute approximate surface area is 131 Å². The number of nitrogens with one attached hydrogen (secondary N) is 1. The van der Waals surface area contributed by atoms with E-state index in [-0.39, 0.29) is 6.04 Å². The number of rotatable bonds is 5. The maximum atomic E-state index is 9.07. The normalized spacial score (nSPS) is 12.1. The van der Waals surface area contributed by atoms with Crippen molar-refractivity contribution in [2.75, 3.05) is 6.26 Å². The molecule has 0 spiro atoms. The van der Waals surface area contributed by atoms with E-state index in [9.17, 15) is 0 Å². The maximum Gasteiger partial charge on any atom is 0.120 e. The summed E-state index contributed by atoms with van der Waals surface area (Å²) >= 11 is 1.75. The van der Waals surface area contributed by atoms with Crippen molar-refractivity contribution in [3.8, 4) is 6.07 Å². The molecule has 1 heterocycles. The predicted octanol–water partition coefficient (Wildman–Crippen LogP) is 3.78. The molecule has 0 saturated heterocycles. The molecule has 3 nitrogen and oxygen atoms in total. The number of benzene rings is 1. The van der Waals surface area contributed by atoms with Crippen molar-refractivity contribution < 1.29 is 0 Å². The quantitative estimate of drug-likeness (QED) is 0.854. The molecule has 21 heavy (non-hydrogen) atoms. The third kappa shape index (κ3) is 3.49. The summed E-state index contributed by atoms with van der Waals surface area (Å²) < 4.78 is 1.94. The minimum absolute atomic E-state index is 0.283. The van der Waals surface area contributed by atoms with E-state index >= 15 is 0 Å². The first-order chi connectivity index (χ1) is 10.1. The molecular formula is C17H21N3S. The summed E-state index contributed by atoms with van der Waals surface area (Å²) in [5, 5.41) is 12.6. The van der Waals surface area contributed by atoms with Crippen molar-refractivity contribution in [2.45, 2.75) is 31.3 Å². The van der Waals surface area contributed by atoms with Gasteiger partial charge >= 0.3 is 0 Å². The highest BCUT2D eigenvalue weighted by Gasteiger charge is 2.10. The SMILES string of the molecule is CSc1ccc(C(C)NCc2cc(C#N)n(C)c2C)cc1. The second-order valence-electron chi connectivity index (χ2n) is 5.19. The molecule has 0 amide bonds. The Kier molecular flexibility index (Phi) is 5.11. The van der Waals surface area contributed by atoms with Gasteiger partial charge in [-0.3, -0.25) is 0 Å². The Hall–Kier alpha value is -1.70. The molecular weight excluding hydrogens is 278 g/mol. The summed E-state index contributed by atoms with van der Waals surface area (Å²) in [6, 6.07) is 13.1. The molecule has 1 N–H and O–H groups in total. The van der Waals surface area contributed by atoms with Crippen LogP contribution >= 0.6 is 11.8 Å². The van der Waals surface area contributed by atoms with Crippen LogP contribution in [0.15, 0.2) is 35.2 Å². The van der Waals surface area contributed by atoms with Crippen molar-refractivity contribution in [3.05, 3.63) is 52.8 Å². The first-order valence-electron chi connectivity index (χ1n) is 6.99. The second-order valence-corrected chi connectivity index (χ2v) is 6.07. The van der Waals surface area contributed by atoms with Gasteiger partial charge in [0.15, 0.2) is 0 Å². The first-order valence-corrected chi connectivity index (χ1v) is 8.22. The summed E-state index contributed by atoms with van der Waals surface area (Å²) in [5.41, 5.74) is 4.31. The monoisotopic (exact) mass is 299 g/mol. The Morgan fingerprint density at radius 1 is 1.33 bits per heavy atom. The van der Waals surface area contributed by atoms with E-state index in [1.807, 2.05) is 17.7 Å². The van der Waals surface area contributed by atoms with Crippen LogP contribution in [0.3, 0.4) is 0 Å². The maximum absolute atomic E-state index is 9.07. The fourth-order valence-corrected chi connectivity index (χ4v) is 2.73. The Bertz CT molecular complexity index is 650. The summed E-state index contributed by atoms with van der Waals surface area (Å²) in [4.78, 5) is 1.28. The van der Waals surface area contributed by atoms with Crippen LogP contribution in [0.5, 0.6) is 0 Å². The van der Waals surface area contributed by atoms with Gasteiger partial charge in [0.1, 0.15) is 11.8 Å². The van der Waals surface area contributed by atoms with Crippen LogP contribution in [0.1, 0.15) is 35.5 Å². The number of thioether (sulfide) groups is 1. The van der Waals surface area contributed by atoms with Crippen molar-refractivity contribution in [3.63, 3.8) is 0 Å². The van der Waals surface area contributed by atoms with Gasteiger partial charge in [-0.15, -0.1) is 11.8 Å². The first kappa shape index (κ1) is 15.7. The van der Waals surface area contributed by atoms with Gasteiger partial charge in [0.05, 0.1) is 0 Å². The molecule has 0 aliphatic rings. The molecule has 2 aromatic rings. The molecule has 0 bridgehead atoms. The largest absolute Gasteiger partial charge is 0.340 e.